The summed E-state index contributed by atoms with van der Waals surface area (Å²) in [5.74, 6) is 1.19. The van der Waals surface area contributed by atoms with Gasteiger partial charge in [-0.2, -0.15) is 0 Å². The molecule has 0 saturated carbocycles. The first-order valence-electron chi connectivity index (χ1n) is 8.52. The van der Waals surface area contributed by atoms with Crippen LogP contribution in [-0.2, 0) is 11.3 Å². The smallest absolute Gasteiger partial charge is 0.224 e. The van der Waals surface area contributed by atoms with Crippen molar-refractivity contribution in [3.05, 3.63) is 48.3 Å². The maximum absolute atomic E-state index is 12.5. The highest BCUT2D eigenvalue weighted by Gasteiger charge is 2.23. The van der Waals surface area contributed by atoms with Gasteiger partial charge in [0.1, 0.15) is 5.82 Å². The van der Waals surface area contributed by atoms with E-state index in [4.69, 9.17) is 0 Å². The van der Waals surface area contributed by atoms with Crippen molar-refractivity contribution in [2.75, 3.05) is 26.2 Å². The van der Waals surface area contributed by atoms with E-state index in [9.17, 15) is 4.79 Å². The number of piperazine rings is 1. The number of hydrogen-bond acceptors (Lipinski definition) is 4. The molecule has 0 spiro atoms. The van der Waals surface area contributed by atoms with E-state index in [0.29, 0.717) is 6.42 Å². The summed E-state index contributed by atoms with van der Waals surface area (Å²) in [4.78, 5) is 25.3. The molecule has 1 unspecified atom stereocenters. The fourth-order valence-electron chi connectivity index (χ4n) is 3.24. The molecule has 2 aromatic heterocycles. The Labute approximate surface area is 143 Å². The van der Waals surface area contributed by atoms with Crippen molar-refractivity contribution in [3.8, 4) is 0 Å². The number of rotatable bonds is 5. The lowest BCUT2D eigenvalue weighted by Crippen LogP contribution is -2.48. The monoisotopic (exact) mass is 327 g/mol. The highest BCUT2D eigenvalue weighted by molar-refractivity contribution is 5.76. The van der Waals surface area contributed by atoms with Crippen LogP contribution in [0.25, 0.3) is 0 Å². The average molecular weight is 327 g/mol. The van der Waals surface area contributed by atoms with E-state index in [1.165, 1.54) is 5.56 Å². The summed E-state index contributed by atoms with van der Waals surface area (Å²) < 4.78 is 2.07. The van der Waals surface area contributed by atoms with Gasteiger partial charge in [0.2, 0.25) is 5.91 Å². The molecule has 0 radical (unpaired) electrons. The summed E-state index contributed by atoms with van der Waals surface area (Å²) in [5, 5.41) is 0. The first-order valence-corrected chi connectivity index (χ1v) is 8.52. The SMILES string of the molecule is Cc1nccn1C(C)CC(=O)N1CCN(Cc2cccnc2)CC1. The van der Waals surface area contributed by atoms with Gasteiger partial charge in [-0.05, 0) is 25.5 Å². The van der Waals surface area contributed by atoms with Crippen molar-refractivity contribution in [2.45, 2.75) is 32.9 Å². The molecule has 0 N–H and O–H groups in total. The van der Waals surface area contributed by atoms with Gasteiger partial charge in [-0.25, -0.2) is 4.98 Å². The molecule has 3 heterocycles. The average Bonchev–Trinajstić information content (AvgIpc) is 3.02. The minimum atomic E-state index is 0.147. The summed E-state index contributed by atoms with van der Waals surface area (Å²) in [6, 6.07) is 4.21. The second-order valence-corrected chi connectivity index (χ2v) is 6.45. The molecule has 128 valence electrons. The zero-order valence-corrected chi connectivity index (χ0v) is 14.4. The standard InChI is InChI=1S/C18H25N5O/c1-15(23-7-6-20-16(23)2)12-18(24)22-10-8-21(9-11-22)14-17-4-3-5-19-13-17/h3-7,13,15H,8-12,14H2,1-2H3. The van der Waals surface area contributed by atoms with Crippen LogP contribution >= 0.6 is 0 Å². The zero-order valence-electron chi connectivity index (χ0n) is 14.4. The van der Waals surface area contributed by atoms with E-state index in [1.807, 2.05) is 30.3 Å². The number of carbonyl (C=O) groups excluding carboxylic acids is 1. The van der Waals surface area contributed by atoms with Crippen LogP contribution in [0.2, 0.25) is 0 Å². The number of hydrogen-bond donors (Lipinski definition) is 0. The van der Waals surface area contributed by atoms with Gasteiger partial charge >= 0.3 is 0 Å². The van der Waals surface area contributed by atoms with Crippen LogP contribution in [-0.4, -0.2) is 56.4 Å². The molecular formula is C18H25N5O. The quantitative estimate of drug-likeness (QED) is 0.841. The van der Waals surface area contributed by atoms with Gasteiger partial charge in [0.15, 0.2) is 0 Å². The van der Waals surface area contributed by atoms with Crippen LogP contribution in [0.5, 0.6) is 0 Å². The summed E-state index contributed by atoms with van der Waals surface area (Å²) >= 11 is 0. The van der Waals surface area contributed by atoms with E-state index in [0.717, 1.165) is 38.5 Å². The molecule has 0 bridgehead atoms. The third-order valence-electron chi connectivity index (χ3n) is 4.66. The predicted octanol–water partition coefficient (Wildman–Crippen LogP) is 1.88. The number of nitrogens with zero attached hydrogens (tertiary/aromatic N) is 5. The number of aryl methyl sites for hydroxylation is 1. The van der Waals surface area contributed by atoms with Crippen molar-refractivity contribution in [1.29, 1.82) is 0 Å². The normalized spacial score (nSPS) is 17.0. The summed E-state index contributed by atoms with van der Waals surface area (Å²) in [5.41, 5.74) is 1.22. The number of aromatic nitrogens is 3. The fraction of sp³-hybridized carbons (Fsp3) is 0.500. The van der Waals surface area contributed by atoms with Crippen LogP contribution in [0, 0.1) is 6.92 Å². The highest BCUT2D eigenvalue weighted by Crippen LogP contribution is 2.16. The second kappa shape index (κ2) is 7.57. The van der Waals surface area contributed by atoms with Crippen molar-refractivity contribution < 1.29 is 4.79 Å². The van der Waals surface area contributed by atoms with Gasteiger partial charge in [-0.1, -0.05) is 6.07 Å². The molecule has 1 atom stereocenters. The Kier molecular flexibility index (Phi) is 5.25. The molecule has 6 heteroatoms. The molecule has 1 saturated heterocycles. The molecular weight excluding hydrogens is 302 g/mol. The molecule has 0 aliphatic carbocycles. The fourth-order valence-corrected chi connectivity index (χ4v) is 3.24. The summed E-state index contributed by atoms with van der Waals surface area (Å²) in [6.07, 6.45) is 7.96. The summed E-state index contributed by atoms with van der Waals surface area (Å²) in [7, 11) is 0. The Morgan fingerprint density at radius 3 is 2.67 bits per heavy atom. The van der Waals surface area contributed by atoms with Crippen molar-refractivity contribution in [3.63, 3.8) is 0 Å². The minimum Gasteiger partial charge on any atom is -0.340 e. The van der Waals surface area contributed by atoms with E-state index >= 15 is 0 Å². The van der Waals surface area contributed by atoms with E-state index in [-0.39, 0.29) is 11.9 Å². The van der Waals surface area contributed by atoms with Crippen LogP contribution < -0.4 is 0 Å². The predicted molar refractivity (Wildman–Crippen MR) is 92.4 cm³/mol. The van der Waals surface area contributed by atoms with Crippen LogP contribution in [0.1, 0.15) is 30.8 Å². The van der Waals surface area contributed by atoms with Gasteiger partial charge < -0.3 is 9.47 Å². The molecule has 2 aromatic rings. The molecule has 1 aliphatic heterocycles. The third kappa shape index (κ3) is 4.00. The number of pyridine rings is 1. The molecule has 1 aliphatic rings. The lowest BCUT2D eigenvalue weighted by atomic mass is 10.2. The molecule has 24 heavy (non-hydrogen) atoms. The van der Waals surface area contributed by atoms with Crippen LogP contribution in [0.4, 0.5) is 0 Å². The molecule has 1 amide bonds. The van der Waals surface area contributed by atoms with Crippen LogP contribution in [0.15, 0.2) is 36.9 Å². The molecule has 0 aromatic carbocycles. The largest absolute Gasteiger partial charge is 0.340 e. The van der Waals surface area contributed by atoms with Gasteiger partial charge in [0, 0.05) is 70.0 Å². The Morgan fingerprint density at radius 2 is 2.04 bits per heavy atom. The van der Waals surface area contributed by atoms with Gasteiger partial charge in [0.25, 0.3) is 0 Å². The Hall–Kier alpha value is -2.21. The maximum Gasteiger partial charge on any atom is 0.224 e. The zero-order chi connectivity index (χ0) is 16.9. The van der Waals surface area contributed by atoms with Gasteiger partial charge in [-0.15, -0.1) is 0 Å². The second-order valence-electron chi connectivity index (χ2n) is 6.45. The Balaban J connectivity index is 1.47. The Morgan fingerprint density at radius 1 is 1.25 bits per heavy atom. The van der Waals surface area contributed by atoms with Crippen molar-refractivity contribution in [1.82, 2.24) is 24.3 Å². The van der Waals surface area contributed by atoms with Crippen molar-refractivity contribution in [2.24, 2.45) is 0 Å². The lowest BCUT2D eigenvalue weighted by Gasteiger charge is -2.35. The van der Waals surface area contributed by atoms with Crippen molar-refractivity contribution >= 4 is 5.91 Å². The maximum atomic E-state index is 12.5. The molecule has 6 nitrogen and oxygen atoms in total. The topological polar surface area (TPSA) is 54.3 Å². The Bertz CT molecular complexity index is 661. The van der Waals surface area contributed by atoms with E-state index in [1.54, 1.807) is 12.4 Å². The molecule has 3 rings (SSSR count). The highest BCUT2D eigenvalue weighted by atomic mass is 16.2. The first kappa shape index (κ1) is 16.6. The number of imidazole rings is 1. The van der Waals surface area contributed by atoms with Crippen LogP contribution in [0.3, 0.4) is 0 Å². The van der Waals surface area contributed by atoms with Gasteiger partial charge in [0.05, 0.1) is 0 Å². The minimum absolute atomic E-state index is 0.147. The first-order chi connectivity index (χ1) is 11.6. The molecule has 1 fully saturated rings. The van der Waals surface area contributed by atoms with Gasteiger partial charge in [-0.3, -0.25) is 14.7 Å². The third-order valence-corrected chi connectivity index (χ3v) is 4.66. The number of carbonyl (C=O) groups is 1. The number of amides is 1. The van der Waals surface area contributed by atoms with E-state index < -0.39 is 0 Å². The summed E-state index contributed by atoms with van der Waals surface area (Å²) in [6.45, 7) is 8.38. The van der Waals surface area contributed by atoms with E-state index in [2.05, 4.69) is 32.4 Å². The lowest BCUT2D eigenvalue weighted by molar-refractivity contribution is -0.133.